The fourth-order valence-corrected chi connectivity index (χ4v) is 2.37. The van der Waals surface area contributed by atoms with Crippen molar-refractivity contribution in [1.29, 1.82) is 0 Å². The minimum absolute atomic E-state index is 0.0607. The molecule has 22 heavy (non-hydrogen) atoms. The summed E-state index contributed by atoms with van der Waals surface area (Å²) >= 11 is 1.21. The van der Waals surface area contributed by atoms with Gasteiger partial charge in [0.15, 0.2) is 0 Å². The number of nitrogens with zero attached hydrogens (tertiary/aromatic N) is 2. The van der Waals surface area contributed by atoms with E-state index in [1.165, 1.54) is 11.8 Å². The van der Waals surface area contributed by atoms with Crippen LogP contribution in [0.15, 0.2) is 33.9 Å². The van der Waals surface area contributed by atoms with Gasteiger partial charge in [0.25, 0.3) is 11.1 Å². The van der Waals surface area contributed by atoms with Crippen molar-refractivity contribution in [3.8, 4) is 17.2 Å². The van der Waals surface area contributed by atoms with Crippen molar-refractivity contribution < 1.29 is 13.9 Å². The number of benzene rings is 1. The third kappa shape index (κ3) is 4.49. The number of carbonyl (C=O) groups is 1. The molecule has 0 bridgehead atoms. The van der Waals surface area contributed by atoms with Crippen LogP contribution in [-0.4, -0.2) is 34.5 Å². The second-order valence-electron chi connectivity index (χ2n) is 4.81. The first kappa shape index (κ1) is 16.4. The number of hydrogen-bond acceptors (Lipinski definition) is 6. The highest BCUT2D eigenvalue weighted by atomic mass is 32.2. The summed E-state index contributed by atoms with van der Waals surface area (Å²) in [6.07, 6.45) is 0. The second-order valence-corrected chi connectivity index (χ2v) is 5.74. The topological polar surface area (TPSA) is 77.2 Å². The summed E-state index contributed by atoms with van der Waals surface area (Å²) in [4.78, 5) is 11.6. The number of amides is 1. The van der Waals surface area contributed by atoms with Gasteiger partial charge >= 0.3 is 0 Å². The second kappa shape index (κ2) is 7.84. The third-order valence-electron chi connectivity index (χ3n) is 2.60. The maximum Gasteiger partial charge on any atom is 0.277 e. The first-order chi connectivity index (χ1) is 10.6. The van der Waals surface area contributed by atoms with Gasteiger partial charge < -0.3 is 14.5 Å². The van der Waals surface area contributed by atoms with Crippen molar-refractivity contribution in [2.24, 2.45) is 0 Å². The zero-order chi connectivity index (χ0) is 15.9. The summed E-state index contributed by atoms with van der Waals surface area (Å²) in [5.74, 6) is 1.26. The van der Waals surface area contributed by atoms with E-state index in [0.29, 0.717) is 23.5 Å². The highest BCUT2D eigenvalue weighted by Gasteiger charge is 2.14. The fourth-order valence-electron chi connectivity index (χ4n) is 1.79. The van der Waals surface area contributed by atoms with Gasteiger partial charge in [0.2, 0.25) is 5.91 Å². The number of carbonyl (C=O) groups excluding carboxylic acids is 1. The number of hydrogen-bond donors (Lipinski definition) is 1. The Labute approximate surface area is 133 Å². The number of nitrogens with one attached hydrogen (secondary N) is 1. The molecule has 1 amide bonds. The standard InChI is InChI=1S/C15H19N3O3S/c1-4-20-12-8-6-5-7-11(12)14-17-18-15(21-14)22-9-13(19)16-10(2)3/h5-8,10H,4,9H2,1-3H3,(H,16,19). The van der Waals surface area contributed by atoms with Crippen molar-refractivity contribution in [2.75, 3.05) is 12.4 Å². The van der Waals surface area contributed by atoms with Gasteiger partial charge in [-0.25, -0.2) is 0 Å². The maximum absolute atomic E-state index is 11.6. The lowest BCUT2D eigenvalue weighted by molar-refractivity contribution is -0.119. The van der Waals surface area contributed by atoms with Crippen LogP contribution in [0.2, 0.25) is 0 Å². The number of ether oxygens (including phenoxy) is 1. The molecule has 0 spiro atoms. The molecule has 1 aromatic carbocycles. The molecule has 118 valence electrons. The molecule has 1 aromatic heterocycles. The molecule has 0 fully saturated rings. The molecule has 0 saturated heterocycles. The largest absolute Gasteiger partial charge is 0.493 e. The highest BCUT2D eigenvalue weighted by molar-refractivity contribution is 7.99. The van der Waals surface area contributed by atoms with E-state index >= 15 is 0 Å². The number of para-hydroxylation sites is 1. The predicted molar refractivity (Wildman–Crippen MR) is 84.9 cm³/mol. The van der Waals surface area contributed by atoms with Gasteiger partial charge in [-0.3, -0.25) is 4.79 Å². The minimum atomic E-state index is -0.0607. The molecule has 0 aliphatic rings. The summed E-state index contributed by atoms with van der Waals surface area (Å²) in [5, 5.41) is 11.1. The van der Waals surface area contributed by atoms with E-state index in [1.807, 2.05) is 45.0 Å². The van der Waals surface area contributed by atoms with Crippen LogP contribution in [0.1, 0.15) is 20.8 Å². The van der Waals surface area contributed by atoms with Crippen LogP contribution in [0.3, 0.4) is 0 Å². The van der Waals surface area contributed by atoms with E-state index in [9.17, 15) is 4.79 Å². The average Bonchev–Trinajstić information content (AvgIpc) is 2.94. The van der Waals surface area contributed by atoms with Crippen LogP contribution < -0.4 is 10.1 Å². The smallest absolute Gasteiger partial charge is 0.277 e. The normalized spacial score (nSPS) is 10.7. The quantitative estimate of drug-likeness (QED) is 0.790. The Morgan fingerprint density at radius 3 is 2.86 bits per heavy atom. The van der Waals surface area contributed by atoms with Gasteiger partial charge in [0.05, 0.1) is 17.9 Å². The average molecular weight is 321 g/mol. The van der Waals surface area contributed by atoms with E-state index < -0.39 is 0 Å². The molecule has 0 unspecified atom stereocenters. The molecule has 2 aromatic rings. The lowest BCUT2D eigenvalue weighted by atomic mass is 10.2. The number of rotatable bonds is 7. The Bertz CT molecular complexity index is 628. The fraction of sp³-hybridized carbons (Fsp3) is 0.400. The third-order valence-corrected chi connectivity index (χ3v) is 3.42. The molecule has 0 radical (unpaired) electrons. The maximum atomic E-state index is 11.6. The molecular weight excluding hydrogens is 302 g/mol. The van der Waals surface area contributed by atoms with Crippen molar-refractivity contribution >= 4 is 17.7 Å². The Balaban J connectivity index is 2.04. The van der Waals surface area contributed by atoms with E-state index in [1.54, 1.807) is 0 Å². The molecule has 0 atom stereocenters. The van der Waals surface area contributed by atoms with E-state index in [0.717, 1.165) is 5.56 Å². The molecule has 0 aliphatic heterocycles. The molecule has 2 rings (SSSR count). The van der Waals surface area contributed by atoms with Crippen LogP contribution >= 0.6 is 11.8 Å². The van der Waals surface area contributed by atoms with Crippen LogP contribution in [0.5, 0.6) is 5.75 Å². The van der Waals surface area contributed by atoms with Gasteiger partial charge in [0, 0.05) is 6.04 Å². The van der Waals surface area contributed by atoms with Crippen molar-refractivity contribution in [2.45, 2.75) is 32.0 Å². The van der Waals surface area contributed by atoms with Gasteiger partial charge in [-0.15, -0.1) is 10.2 Å². The summed E-state index contributed by atoms with van der Waals surface area (Å²) in [7, 11) is 0. The Kier molecular flexibility index (Phi) is 5.83. The Morgan fingerprint density at radius 2 is 2.14 bits per heavy atom. The van der Waals surface area contributed by atoms with E-state index in [-0.39, 0.29) is 17.7 Å². The van der Waals surface area contributed by atoms with Gasteiger partial charge in [-0.2, -0.15) is 0 Å². The number of aromatic nitrogens is 2. The molecule has 1 N–H and O–H groups in total. The first-order valence-corrected chi connectivity index (χ1v) is 8.06. The summed E-state index contributed by atoms with van der Waals surface area (Å²) in [6, 6.07) is 7.59. The summed E-state index contributed by atoms with van der Waals surface area (Å²) in [6.45, 7) is 6.30. The first-order valence-electron chi connectivity index (χ1n) is 7.08. The van der Waals surface area contributed by atoms with Crippen LogP contribution in [-0.2, 0) is 4.79 Å². The monoisotopic (exact) mass is 321 g/mol. The molecule has 1 heterocycles. The molecule has 0 saturated carbocycles. The van der Waals surface area contributed by atoms with Gasteiger partial charge in [-0.1, -0.05) is 23.9 Å². The van der Waals surface area contributed by atoms with Crippen LogP contribution in [0.25, 0.3) is 11.5 Å². The molecule has 7 heteroatoms. The lowest BCUT2D eigenvalue weighted by Gasteiger charge is -2.06. The predicted octanol–water partition coefficient (Wildman–Crippen LogP) is 2.75. The van der Waals surface area contributed by atoms with Crippen LogP contribution in [0, 0.1) is 0 Å². The van der Waals surface area contributed by atoms with Gasteiger partial charge in [0.1, 0.15) is 5.75 Å². The molecular formula is C15H19N3O3S. The lowest BCUT2D eigenvalue weighted by Crippen LogP contribution is -2.31. The van der Waals surface area contributed by atoms with E-state index in [2.05, 4.69) is 15.5 Å². The number of thioether (sulfide) groups is 1. The van der Waals surface area contributed by atoms with Crippen LogP contribution in [0.4, 0.5) is 0 Å². The Morgan fingerprint density at radius 1 is 1.36 bits per heavy atom. The summed E-state index contributed by atoms with van der Waals surface area (Å²) < 4.78 is 11.1. The van der Waals surface area contributed by atoms with Gasteiger partial charge in [-0.05, 0) is 32.9 Å². The summed E-state index contributed by atoms with van der Waals surface area (Å²) in [5.41, 5.74) is 0.746. The van der Waals surface area contributed by atoms with E-state index in [4.69, 9.17) is 9.15 Å². The zero-order valence-electron chi connectivity index (χ0n) is 12.8. The highest BCUT2D eigenvalue weighted by Crippen LogP contribution is 2.30. The minimum Gasteiger partial charge on any atom is -0.493 e. The Hall–Kier alpha value is -2.02. The van der Waals surface area contributed by atoms with Crippen molar-refractivity contribution in [3.63, 3.8) is 0 Å². The zero-order valence-corrected chi connectivity index (χ0v) is 13.6. The molecule has 6 nitrogen and oxygen atoms in total. The van der Waals surface area contributed by atoms with Crippen molar-refractivity contribution in [1.82, 2.24) is 15.5 Å². The molecule has 0 aliphatic carbocycles. The van der Waals surface area contributed by atoms with Crippen molar-refractivity contribution in [3.05, 3.63) is 24.3 Å². The SMILES string of the molecule is CCOc1ccccc1-c1nnc(SCC(=O)NC(C)C)o1.